The largest absolute Gasteiger partial charge is 0.370 e. The van der Waals surface area contributed by atoms with Gasteiger partial charge in [-0.3, -0.25) is 9.98 Å². The second-order valence-corrected chi connectivity index (χ2v) is 3.91. The summed E-state index contributed by atoms with van der Waals surface area (Å²) in [6, 6.07) is 3.54. The normalized spacial score (nSPS) is 11.1. The fraction of sp³-hybridized carbons (Fsp3) is 0.300. The molecule has 1 aromatic rings. The SMILES string of the molecule is CCN=C(N)NC(=S)NCc1ncccc1Cl. The topological polar surface area (TPSA) is 75.3 Å². The lowest BCUT2D eigenvalue weighted by Gasteiger charge is -2.09. The first kappa shape index (κ1) is 13.7. The van der Waals surface area contributed by atoms with Crippen molar-refractivity contribution in [2.24, 2.45) is 10.7 Å². The van der Waals surface area contributed by atoms with Gasteiger partial charge in [0.25, 0.3) is 0 Å². The molecule has 0 saturated carbocycles. The van der Waals surface area contributed by atoms with Gasteiger partial charge in [0.05, 0.1) is 17.3 Å². The van der Waals surface area contributed by atoms with Crippen LogP contribution in [0.5, 0.6) is 0 Å². The summed E-state index contributed by atoms with van der Waals surface area (Å²) >= 11 is 11.0. The van der Waals surface area contributed by atoms with Gasteiger partial charge >= 0.3 is 0 Å². The molecule has 5 nitrogen and oxygen atoms in total. The first-order valence-corrected chi connectivity index (χ1v) is 5.86. The minimum Gasteiger partial charge on any atom is -0.370 e. The lowest BCUT2D eigenvalue weighted by atomic mass is 10.3. The van der Waals surface area contributed by atoms with Gasteiger partial charge < -0.3 is 16.4 Å². The number of pyridine rings is 1. The quantitative estimate of drug-likeness (QED) is 0.435. The lowest BCUT2D eigenvalue weighted by Crippen LogP contribution is -2.43. The summed E-state index contributed by atoms with van der Waals surface area (Å²) in [6.45, 7) is 2.93. The molecule has 0 aliphatic rings. The summed E-state index contributed by atoms with van der Waals surface area (Å²) < 4.78 is 0. The fourth-order valence-electron chi connectivity index (χ4n) is 1.08. The van der Waals surface area contributed by atoms with Crippen LogP contribution in [-0.4, -0.2) is 22.6 Å². The number of aliphatic imine (C=N–C) groups is 1. The fourth-order valence-corrected chi connectivity index (χ4v) is 1.45. The zero-order valence-corrected chi connectivity index (χ0v) is 11.0. The van der Waals surface area contributed by atoms with Crippen molar-refractivity contribution in [3.63, 3.8) is 0 Å². The Balaban J connectivity index is 2.44. The summed E-state index contributed by atoms with van der Waals surface area (Å²) in [5.41, 5.74) is 6.28. The molecule has 4 N–H and O–H groups in total. The number of nitrogens with two attached hydrogens (primary N) is 1. The van der Waals surface area contributed by atoms with Crippen LogP contribution in [0.1, 0.15) is 12.6 Å². The first-order chi connectivity index (χ1) is 8.13. The van der Waals surface area contributed by atoms with E-state index in [1.807, 2.05) is 6.92 Å². The zero-order chi connectivity index (χ0) is 12.7. The van der Waals surface area contributed by atoms with Gasteiger partial charge in [-0.05, 0) is 31.3 Å². The van der Waals surface area contributed by atoms with E-state index in [0.29, 0.717) is 23.2 Å². The Bertz CT molecular complexity index is 421. The van der Waals surface area contributed by atoms with Crippen molar-refractivity contribution in [2.45, 2.75) is 13.5 Å². The average molecular weight is 272 g/mol. The molecule has 0 unspecified atom stereocenters. The predicted octanol–water partition coefficient (Wildman–Crippen LogP) is 1.03. The maximum atomic E-state index is 5.95. The maximum absolute atomic E-state index is 5.95. The van der Waals surface area contributed by atoms with E-state index in [1.54, 1.807) is 18.3 Å². The van der Waals surface area contributed by atoms with Crippen LogP contribution >= 0.6 is 23.8 Å². The second-order valence-electron chi connectivity index (χ2n) is 3.10. The molecule has 0 aliphatic heterocycles. The third-order valence-corrected chi connectivity index (χ3v) is 2.41. The number of thiocarbonyl (C=S) groups is 1. The molecule has 0 amide bonds. The molecule has 0 fully saturated rings. The van der Waals surface area contributed by atoms with Crippen molar-refractivity contribution in [1.29, 1.82) is 0 Å². The molecule has 0 saturated heterocycles. The van der Waals surface area contributed by atoms with Gasteiger partial charge in [0, 0.05) is 12.7 Å². The summed E-state index contributed by atoms with van der Waals surface area (Å²) in [7, 11) is 0. The van der Waals surface area contributed by atoms with Crippen LogP contribution in [0.3, 0.4) is 0 Å². The van der Waals surface area contributed by atoms with Crippen LogP contribution in [0.4, 0.5) is 0 Å². The van der Waals surface area contributed by atoms with Crippen LogP contribution in [0, 0.1) is 0 Å². The Hall–Kier alpha value is -1.40. The smallest absolute Gasteiger partial charge is 0.194 e. The van der Waals surface area contributed by atoms with Gasteiger partial charge in [-0.25, -0.2) is 0 Å². The molecular formula is C10H14ClN5S. The molecule has 1 aromatic heterocycles. The number of hydrogen-bond donors (Lipinski definition) is 3. The summed E-state index contributed by atoms with van der Waals surface area (Å²) in [6.07, 6.45) is 1.67. The van der Waals surface area contributed by atoms with Crippen LogP contribution in [0.25, 0.3) is 0 Å². The van der Waals surface area contributed by atoms with Crippen LogP contribution in [0.15, 0.2) is 23.3 Å². The average Bonchev–Trinajstić information content (AvgIpc) is 2.28. The zero-order valence-electron chi connectivity index (χ0n) is 9.40. The summed E-state index contributed by atoms with van der Waals surface area (Å²) in [4.78, 5) is 8.07. The van der Waals surface area contributed by atoms with Gasteiger partial charge in [0.1, 0.15) is 0 Å². The van der Waals surface area contributed by atoms with E-state index in [2.05, 4.69) is 20.6 Å². The lowest BCUT2D eigenvalue weighted by molar-refractivity contribution is 0.866. The maximum Gasteiger partial charge on any atom is 0.194 e. The molecule has 0 aromatic carbocycles. The monoisotopic (exact) mass is 271 g/mol. The van der Waals surface area contributed by atoms with Crippen LogP contribution in [0.2, 0.25) is 5.02 Å². The van der Waals surface area contributed by atoms with Crippen molar-refractivity contribution in [3.8, 4) is 0 Å². The first-order valence-electron chi connectivity index (χ1n) is 5.07. The third-order valence-electron chi connectivity index (χ3n) is 1.82. The van der Waals surface area contributed by atoms with Crippen molar-refractivity contribution < 1.29 is 0 Å². The number of nitrogens with zero attached hydrogens (tertiary/aromatic N) is 2. The number of rotatable bonds is 3. The van der Waals surface area contributed by atoms with E-state index in [4.69, 9.17) is 29.6 Å². The molecule has 1 heterocycles. The molecule has 92 valence electrons. The number of nitrogens with one attached hydrogen (secondary N) is 2. The molecule has 0 atom stereocenters. The summed E-state index contributed by atoms with van der Waals surface area (Å²) in [5.74, 6) is 0.289. The van der Waals surface area contributed by atoms with E-state index in [-0.39, 0.29) is 5.96 Å². The second kappa shape index (κ2) is 7.03. The highest BCUT2D eigenvalue weighted by Gasteiger charge is 2.02. The highest BCUT2D eigenvalue weighted by Crippen LogP contribution is 2.11. The van der Waals surface area contributed by atoms with Crippen molar-refractivity contribution in [1.82, 2.24) is 15.6 Å². The van der Waals surface area contributed by atoms with Gasteiger partial charge in [0.15, 0.2) is 11.1 Å². The number of guanidine groups is 1. The van der Waals surface area contributed by atoms with Crippen LogP contribution in [-0.2, 0) is 6.54 Å². The molecule has 1 rings (SSSR count). The Morgan fingerprint density at radius 3 is 3.06 bits per heavy atom. The van der Waals surface area contributed by atoms with Gasteiger partial charge in [-0.15, -0.1) is 0 Å². The third kappa shape index (κ3) is 4.97. The van der Waals surface area contributed by atoms with E-state index < -0.39 is 0 Å². The number of aromatic nitrogens is 1. The molecule has 0 aliphatic carbocycles. The van der Waals surface area contributed by atoms with Crippen molar-refractivity contribution >= 4 is 34.9 Å². The molecule has 17 heavy (non-hydrogen) atoms. The van der Waals surface area contributed by atoms with E-state index in [9.17, 15) is 0 Å². The van der Waals surface area contributed by atoms with E-state index >= 15 is 0 Å². The Morgan fingerprint density at radius 1 is 1.65 bits per heavy atom. The minimum atomic E-state index is 0.289. The standard InChI is InChI=1S/C10H14ClN5S/c1-2-13-9(12)16-10(17)15-6-8-7(11)4-3-5-14-8/h3-5H,2,6H2,1H3,(H4,12,13,15,16,17). The van der Waals surface area contributed by atoms with Gasteiger partial charge in [0.2, 0.25) is 0 Å². The predicted molar refractivity (Wildman–Crippen MR) is 74.0 cm³/mol. The van der Waals surface area contributed by atoms with Crippen LogP contribution < -0.4 is 16.4 Å². The highest BCUT2D eigenvalue weighted by molar-refractivity contribution is 7.80. The minimum absolute atomic E-state index is 0.289. The van der Waals surface area contributed by atoms with Gasteiger partial charge in [-0.1, -0.05) is 11.6 Å². The highest BCUT2D eigenvalue weighted by atomic mass is 35.5. The number of halogens is 1. The van der Waals surface area contributed by atoms with Gasteiger partial charge in [-0.2, -0.15) is 0 Å². The van der Waals surface area contributed by atoms with Crippen molar-refractivity contribution in [3.05, 3.63) is 29.0 Å². The molecular weight excluding hydrogens is 258 g/mol. The van der Waals surface area contributed by atoms with E-state index in [0.717, 1.165) is 5.69 Å². The molecule has 0 radical (unpaired) electrons. The Kier molecular flexibility index (Phi) is 5.65. The molecule has 7 heteroatoms. The Labute approximate surface area is 110 Å². The Morgan fingerprint density at radius 2 is 2.41 bits per heavy atom. The summed E-state index contributed by atoms with van der Waals surface area (Å²) in [5, 5.41) is 6.67. The van der Waals surface area contributed by atoms with E-state index in [1.165, 1.54) is 0 Å². The van der Waals surface area contributed by atoms with Crippen molar-refractivity contribution in [2.75, 3.05) is 6.54 Å². The molecule has 0 spiro atoms. The molecule has 0 bridgehead atoms. The number of hydrogen-bond acceptors (Lipinski definition) is 3.